The van der Waals surface area contributed by atoms with Crippen molar-refractivity contribution in [2.24, 2.45) is 5.92 Å². The summed E-state index contributed by atoms with van der Waals surface area (Å²) in [4.78, 5) is 7.31. The van der Waals surface area contributed by atoms with E-state index in [1.807, 2.05) is 42.6 Å². The van der Waals surface area contributed by atoms with Gasteiger partial charge in [0.1, 0.15) is 29.2 Å². The van der Waals surface area contributed by atoms with E-state index in [1.165, 1.54) is 6.07 Å². The molecular formula is C33H39F4N3O2. The fourth-order valence-electron chi connectivity index (χ4n) is 4.86. The molecule has 1 aromatic heterocycles. The molecule has 0 saturated heterocycles. The minimum Gasteiger partial charge on any atom is -0.494 e. The average molecular weight is 586 g/mol. The van der Waals surface area contributed by atoms with E-state index >= 15 is 0 Å². The van der Waals surface area contributed by atoms with Crippen molar-refractivity contribution in [1.82, 2.24) is 14.5 Å². The highest BCUT2D eigenvalue weighted by molar-refractivity contribution is 5.65. The number of alkyl halides is 3. The second-order valence-electron chi connectivity index (χ2n) is 10.8. The molecule has 42 heavy (non-hydrogen) atoms. The predicted molar refractivity (Wildman–Crippen MR) is 158 cm³/mol. The lowest BCUT2D eigenvalue weighted by Crippen LogP contribution is -2.25. The van der Waals surface area contributed by atoms with E-state index in [-0.39, 0.29) is 5.75 Å². The van der Waals surface area contributed by atoms with Crippen LogP contribution in [0, 0.1) is 11.7 Å². The van der Waals surface area contributed by atoms with Gasteiger partial charge in [-0.25, -0.2) is 9.37 Å². The first-order valence-electron chi connectivity index (χ1n) is 14.5. The number of hydrogen-bond acceptors (Lipinski definition) is 4. The molecule has 0 aliphatic heterocycles. The number of hydrogen-bond donors (Lipinski definition) is 0. The molecule has 1 heterocycles. The summed E-state index contributed by atoms with van der Waals surface area (Å²) in [5, 5.41) is 0. The first-order valence-corrected chi connectivity index (χ1v) is 14.5. The lowest BCUT2D eigenvalue weighted by molar-refractivity contribution is -0.140. The molecule has 226 valence electrons. The van der Waals surface area contributed by atoms with Crippen LogP contribution in [-0.2, 0) is 12.6 Å². The van der Waals surface area contributed by atoms with Crippen molar-refractivity contribution in [2.75, 3.05) is 26.2 Å². The van der Waals surface area contributed by atoms with Gasteiger partial charge in [0.2, 0.25) is 0 Å². The number of halogens is 4. The Morgan fingerprint density at radius 3 is 2.38 bits per heavy atom. The summed E-state index contributed by atoms with van der Waals surface area (Å²) in [6.07, 6.45) is 4.59. The molecule has 5 nitrogen and oxygen atoms in total. The van der Waals surface area contributed by atoms with Crippen molar-refractivity contribution in [3.63, 3.8) is 0 Å². The number of aromatic nitrogens is 2. The van der Waals surface area contributed by atoms with Crippen molar-refractivity contribution in [3.8, 4) is 22.8 Å². The van der Waals surface area contributed by atoms with Crippen LogP contribution in [0.3, 0.4) is 0 Å². The molecule has 0 amide bonds. The van der Waals surface area contributed by atoms with Gasteiger partial charge in [-0.1, -0.05) is 33.8 Å². The smallest absolute Gasteiger partial charge is 0.419 e. The number of ether oxygens (including phenoxy) is 2. The van der Waals surface area contributed by atoms with E-state index in [2.05, 4.69) is 37.2 Å². The number of nitrogens with zero attached hydrogens (tertiary/aromatic N) is 3. The van der Waals surface area contributed by atoms with Crippen LogP contribution in [-0.4, -0.2) is 46.8 Å². The quantitative estimate of drug-likeness (QED) is 0.150. The lowest BCUT2D eigenvalue weighted by atomic mass is 10.1. The highest BCUT2D eigenvalue weighted by Gasteiger charge is 2.34. The fraction of sp³-hybridized carbons (Fsp3) is 0.424. The zero-order valence-corrected chi connectivity index (χ0v) is 24.6. The number of allylic oxidation sites excluding steroid dienone is 2. The van der Waals surface area contributed by atoms with Crippen molar-refractivity contribution in [1.29, 1.82) is 0 Å². The van der Waals surface area contributed by atoms with Gasteiger partial charge in [-0.15, -0.1) is 0 Å². The van der Waals surface area contributed by atoms with E-state index in [0.29, 0.717) is 25.0 Å². The maximum atomic E-state index is 13.6. The number of rotatable bonds is 13. The molecule has 3 aromatic rings. The van der Waals surface area contributed by atoms with Crippen LogP contribution in [0.5, 0.6) is 11.5 Å². The van der Waals surface area contributed by atoms with Crippen LogP contribution in [0.15, 0.2) is 66.9 Å². The standard InChI is InChI=1S/C33H39F4N3O2/c1-5-39(6-2)18-7-19-41-26-12-8-24(9-13-26)31-22-40(32(38-31)20-23(3)4)25-10-14-27(15-11-25)42-28-16-17-30(34)29(21-28)33(35,36)37/h8-14,16-17,21-23,27H,5-7,15,18-20H2,1-4H3. The zero-order chi connectivity index (χ0) is 30.3. The molecule has 2 aromatic carbocycles. The lowest BCUT2D eigenvalue weighted by Gasteiger charge is -2.20. The first kappa shape index (κ1) is 31.3. The Morgan fingerprint density at radius 1 is 1.05 bits per heavy atom. The summed E-state index contributed by atoms with van der Waals surface area (Å²) in [6, 6.07) is 10.7. The third kappa shape index (κ3) is 8.25. The minimum atomic E-state index is -4.79. The topological polar surface area (TPSA) is 39.5 Å². The second kappa shape index (κ2) is 14.1. The van der Waals surface area contributed by atoms with Gasteiger partial charge in [-0.3, -0.25) is 0 Å². The van der Waals surface area contributed by atoms with Crippen molar-refractivity contribution in [2.45, 2.75) is 59.2 Å². The van der Waals surface area contributed by atoms with Gasteiger partial charge < -0.3 is 18.9 Å². The molecule has 9 heteroatoms. The van der Waals surface area contributed by atoms with Crippen LogP contribution in [0.25, 0.3) is 17.0 Å². The summed E-state index contributed by atoms with van der Waals surface area (Å²) in [6.45, 7) is 12.4. The SMILES string of the molecule is CCN(CC)CCCOc1ccc(-c2cn(C3=CCC(Oc4ccc(F)c(C(F)(F)F)c4)C=C3)c(CC(C)C)n2)cc1. The van der Waals surface area contributed by atoms with Gasteiger partial charge in [-0.05, 0) is 80.0 Å². The van der Waals surface area contributed by atoms with E-state index in [0.717, 1.165) is 67.1 Å². The fourth-order valence-corrected chi connectivity index (χ4v) is 4.86. The summed E-state index contributed by atoms with van der Waals surface area (Å²) in [5.41, 5.74) is 1.40. The Bertz CT molecular complexity index is 1370. The number of benzene rings is 2. The molecule has 4 rings (SSSR count). The molecule has 1 unspecified atom stereocenters. The van der Waals surface area contributed by atoms with Gasteiger partial charge >= 0.3 is 6.18 Å². The summed E-state index contributed by atoms with van der Waals surface area (Å²) in [5.74, 6) is 0.777. The average Bonchev–Trinajstić information content (AvgIpc) is 3.37. The molecular weight excluding hydrogens is 546 g/mol. The van der Waals surface area contributed by atoms with E-state index < -0.39 is 23.7 Å². The first-order chi connectivity index (χ1) is 20.1. The largest absolute Gasteiger partial charge is 0.494 e. The monoisotopic (exact) mass is 585 g/mol. The maximum absolute atomic E-state index is 13.6. The van der Waals surface area contributed by atoms with Crippen molar-refractivity contribution >= 4 is 5.70 Å². The summed E-state index contributed by atoms with van der Waals surface area (Å²) < 4.78 is 66.7. The van der Waals surface area contributed by atoms with Crippen LogP contribution >= 0.6 is 0 Å². The third-order valence-corrected chi connectivity index (χ3v) is 7.15. The van der Waals surface area contributed by atoms with Crippen LogP contribution < -0.4 is 9.47 Å². The van der Waals surface area contributed by atoms with Gasteiger partial charge in [-0.2, -0.15) is 13.2 Å². The van der Waals surface area contributed by atoms with Gasteiger partial charge in [0.15, 0.2) is 0 Å². The Kier molecular flexibility index (Phi) is 10.5. The number of imidazole rings is 1. The maximum Gasteiger partial charge on any atom is 0.419 e. The van der Waals surface area contributed by atoms with Crippen molar-refractivity contribution < 1.29 is 27.0 Å². The molecule has 0 radical (unpaired) electrons. The molecule has 0 N–H and O–H groups in total. The Balaban J connectivity index is 1.43. The van der Waals surface area contributed by atoms with Gasteiger partial charge in [0.05, 0.1) is 17.9 Å². The van der Waals surface area contributed by atoms with E-state index in [9.17, 15) is 17.6 Å². The zero-order valence-electron chi connectivity index (χ0n) is 24.6. The van der Waals surface area contributed by atoms with Crippen LogP contribution in [0.2, 0.25) is 0 Å². The van der Waals surface area contributed by atoms with Crippen LogP contribution in [0.4, 0.5) is 17.6 Å². The second-order valence-corrected chi connectivity index (χ2v) is 10.8. The van der Waals surface area contributed by atoms with E-state index in [1.54, 1.807) is 6.08 Å². The predicted octanol–water partition coefficient (Wildman–Crippen LogP) is 8.27. The normalized spacial score (nSPS) is 15.4. The molecule has 1 atom stereocenters. The third-order valence-electron chi connectivity index (χ3n) is 7.15. The minimum absolute atomic E-state index is 0.0306. The molecule has 0 spiro atoms. The molecule has 0 fully saturated rings. The van der Waals surface area contributed by atoms with Gasteiger partial charge in [0.25, 0.3) is 0 Å². The Morgan fingerprint density at radius 2 is 1.76 bits per heavy atom. The van der Waals surface area contributed by atoms with Crippen molar-refractivity contribution in [3.05, 3.63) is 84.1 Å². The molecule has 0 saturated carbocycles. The Labute approximate surface area is 245 Å². The van der Waals surface area contributed by atoms with Crippen LogP contribution in [0.1, 0.15) is 51.9 Å². The summed E-state index contributed by atoms with van der Waals surface area (Å²) >= 11 is 0. The highest BCUT2D eigenvalue weighted by atomic mass is 19.4. The molecule has 1 aliphatic rings. The molecule has 1 aliphatic carbocycles. The Hall–Kier alpha value is -3.59. The summed E-state index contributed by atoms with van der Waals surface area (Å²) in [7, 11) is 0. The highest BCUT2D eigenvalue weighted by Crippen LogP contribution is 2.34. The van der Waals surface area contributed by atoms with Gasteiger partial charge in [0, 0.05) is 36.8 Å². The van der Waals surface area contributed by atoms with E-state index in [4.69, 9.17) is 14.5 Å². The molecule has 0 bridgehead atoms.